The second-order valence-electron chi connectivity index (χ2n) is 5.62. The quantitative estimate of drug-likeness (QED) is 0.571. The monoisotopic (exact) mass is 194 g/mol. The molecule has 0 radical (unpaired) electrons. The molecule has 3 atom stereocenters. The normalized spacial score (nSPS) is 26.9. The van der Waals surface area contributed by atoms with Gasteiger partial charge in [0.05, 0.1) is 0 Å². The van der Waals surface area contributed by atoms with Gasteiger partial charge in [0.1, 0.15) is 0 Å². The molecular formula is C14H26. The van der Waals surface area contributed by atoms with E-state index in [2.05, 4.69) is 47.6 Å². The average Bonchev–Trinajstić information content (AvgIpc) is 2.93. The van der Waals surface area contributed by atoms with Crippen molar-refractivity contribution in [2.75, 3.05) is 0 Å². The van der Waals surface area contributed by atoms with Gasteiger partial charge in [-0.25, -0.2) is 0 Å². The van der Waals surface area contributed by atoms with Crippen LogP contribution in [0.25, 0.3) is 0 Å². The average molecular weight is 194 g/mol. The molecule has 0 heterocycles. The summed E-state index contributed by atoms with van der Waals surface area (Å²) in [6.45, 7) is 14.1. The van der Waals surface area contributed by atoms with Crippen molar-refractivity contribution >= 4 is 0 Å². The van der Waals surface area contributed by atoms with Crippen LogP contribution in [0.2, 0.25) is 0 Å². The lowest BCUT2D eigenvalue weighted by atomic mass is 9.74. The van der Waals surface area contributed by atoms with Crippen molar-refractivity contribution in [1.82, 2.24) is 0 Å². The highest BCUT2D eigenvalue weighted by Crippen LogP contribution is 2.55. The van der Waals surface area contributed by atoms with E-state index in [4.69, 9.17) is 0 Å². The Morgan fingerprint density at radius 3 is 2.07 bits per heavy atom. The van der Waals surface area contributed by atoms with Crippen LogP contribution in [0.15, 0.2) is 11.6 Å². The van der Waals surface area contributed by atoms with E-state index in [9.17, 15) is 0 Å². The molecule has 0 aromatic rings. The summed E-state index contributed by atoms with van der Waals surface area (Å²) in [5.41, 5.74) is 2.22. The SMILES string of the molecule is CC=C(C)C(C)C(C)C(C)C1(C)CC1. The summed E-state index contributed by atoms with van der Waals surface area (Å²) in [5.74, 6) is 2.43. The molecule has 1 aliphatic carbocycles. The Balaban J connectivity index is 2.60. The van der Waals surface area contributed by atoms with E-state index >= 15 is 0 Å². The van der Waals surface area contributed by atoms with E-state index in [1.807, 2.05) is 0 Å². The van der Waals surface area contributed by atoms with Crippen LogP contribution in [0, 0.1) is 23.2 Å². The highest BCUT2D eigenvalue weighted by atomic mass is 14.5. The van der Waals surface area contributed by atoms with Gasteiger partial charge in [0.15, 0.2) is 0 Å². The summed E-state index contributed by atoms with van der Waals surface area (Å²) in [7, 11) is 0. The molecule has 0 bridgehead atoms. The summed E-state index contributed by atoms with van der Waals surface area (Å²) >= 11 is 0. The second-order valence-corrected chi connectivity index (χ2v) is 5.62. The Hall–Kier alpha value is -0.260. The third-order valence-corrected chi connectivity index (χ3v) is 4.89. The van der Waals surface area contributed by atoms with Gasteiger partial charge < -0.3 is 0 Å². The van der Waals surface area contributed by atoms with Gasteiger partial charge in [-0.2, -0.15) is 0 Å². The van der Waals surface area contributed by atoms with Crippen molar-refractivity contribution < 1.29 is 0 Å². The molecule has 1 saturated carbocycles. The van der Waals surface area contributed by atoms with Crippen LogP contribution in [0.1, 0.15) is 54.4 Å². The van der Waals surface area contributed by atoms with Crippen LogP contribution in [0.4, 0.5) is 0 Å². The Morgan fingerprint density at radius 2 is 1.71 bits per heavy atom. The zero-order chi connectivity index (χ0) is 10.9. The van der Waals surface area contributed by atoms with E-state index in [0.717, 1.165) is 17.8 Å². The van der Waals surface area contributed by atoms with Gasteiger partial charge in [-0.1, -0.05) is 39.3 Å². The molecule has 0 saturated heterocycles. The van der Waals surface area contributed by atoms with Crippen LogP contribution in [0.5, 0.6) is 0 Å². The molecule has 1 rings (SSSR count). The molecule has 0 spiro atoms. The van der Waals surface area contributed by atoms with Crippen molar-refractivity contribution in [2.45, 2.75) is 54.4 Å². The fraction of sp³-hybridized carbons (Fsp3) is 0.857. The van der Waals surface area contributed by atoms with E-state index in [1.165, 1.54) is 12.8 Å². The number of hydrogen-bond donors (Lipinski definition) is 0. The van der Waals surface area contributed by atoms with Gasteiger partial charge >= 0.3 is 0 Å². The van der Waals surface area contributed by atoms with E-state index in [1.54, 1.807) is 5.57 Å². The molecule has 0 aromatic heterocycles. The maximum Gasteiger partial charge on any atom is -0.0206 e. The number of rotatable bonds is 4. The first-order valence-electron chi connectivity index (χ1n) is 6.05. The van der Waals surface area contributed by atoms with Crippen molar-refractivity contribution in [3.8, 4) is 0 Å². The van der Waals surface area contributed by atoms with Crippen LogP contribution in [-0.2, 0) is 0 Å². The van der Waals surface area contributed by atoms with Crippen LogP contribution >= 0.6 is 0 Å². The zero-order valence-electron chi connectivity index (χ0n) is 10.7. The minimum atomic E-state index is 0.668. The fourth-order valence-electron chi connectivity index (χ4n) is 2.40. The van der Waals surface area contributed by atoms with Crippen molar-refractivity contribution in [1.29, 1.82) is 0 Å². The predicted octanol–water partition coefficient (Wildman–Crippen LogP) is 4.66. The Morgan fingerprint density at radius 1 is 1.21 bits per heavy atom. The highest BCUT2D eigenvalue weighted by Gasteiger charge is 2.45. The van der Waals surface area contributed by atoms with Gasteiger partial charge in [-0.3, -0.25) is 0 Å². The number of hydrogen-bond acceptors (Lipinski definition) is 0. The topological polar surface area (TPSA) is 0 Å². The zero-order valence-corrected chi connectivity index (χ0v) is 10.7. The van der Waals surface area contributed by atoms with Crippen LogP contribution < -0.4 is 0 Å². The summed E-state index contributed by atoms with van der Waals surface area (Å²) in [5, 5.41) is 0. The molecular weight excluding hydrogens is 168 g/mol. The largest absolute Gasteiger partial charge is 0.0885 e. The van der Waals surface area contributed by atoms with E-state index in [0.29, 0.717) is 5.41 Å². The standard InChI is InChI=1S/C14H26/c1-7-10(2)11(3)12(4)13(5)14(6)8-9-14/h7,11-13H,8-9H2,1-6H3. The lowest BCUT2D eigenvalue weighted by molar-refractivity contribution is 0.215. The summed E-state index contributed by atoms with van der Waals surface area (Å²) in [6, 6.07) is 0. The molecule has 0 heteroatoms. The van der Waals surface area contributed by atoms with Crippen molar-refractivity contribution in [3.63, 3.8) is 0 Å². The van der Waals surface area contributed by atoms with Gasteiger partial charge in [0, 0.05) is 0 Å². The molecule has 0 nitrogen and oxygen atoms in total. The summed E-state index contributed by atoms with van der Waals surface area (Å²) in [4.78, 5) is 0. The van der Waals surface area contributed by atoms with Crippen molar-refractivity contribution in [2.24, 2.45) is 23.2 Å². The number of allylic oxidation sites excluding steroid dienone is 2. The molecule has 82 valence electrons. The lowest BCUT2D eigenvalue weighted by Gasteiger charge is -2.31. The molecule has 1 aliphatic rings. The summed E-state index contributed by atoms with van der Waals surface area (Å²) in [6.07, 6.45) is 5.16. The predicted molar refractivity (Wildman–Crippen MR) is 64.3 cm³/mol. The molecule has 14 heavy (non-hydrogen) atoms. The minimum Gasteiger partial charge on any atom is -0.0885 e. The summed E-state index contributed by atoms with van der Waals surface area (Å²) < 4.78 is 0. The first kappa shape index (κ1) is 11.8. The fourth-order valence-corrected chi connectivity index (χ4v) is 2.40. The maximum atomic E-state index is 2.45. The maximum absolute atomic E-state index is 2.45. The lowest BCUT2D eigenvalue weighted by Crippen LogP contribution is -2.23. The third kappa shape index (κ3) is 2.21. The minimum absolute atomic E-state index is 0.668. The molecule has 0 N–H and O–H groups in total. The van der Waals surface area contributed by atoms with E-state index < -0.39 is 0 Å². The molecule has 0 amide bonds. The Kier molecular flexibility index (Phi) is 3.44. The van der Waals surface area contributed by atoms with Crippen molar-refractivity contribution in [3.05, 3.63) is 11.6 Å². The smallest absolute Gasteiger partial charge is 0.0206 e. The molecule has 0 aliphatic heterocycles. The van der Waals surface area contributed by atoms with Gasteiger partial charge in [-0.15, -0.1) is 0 Å². The first-order chi connectivity index (χ1) is 6.42. The van der Waals surface area contributed by atoms with Gasteiger partial charge in [-0.05, 0) is 49.9 Å². The molecule has 3 unspecified atom stereocenters. The Bertz CT molecular complexity index is 220. The van der Waals surface area contributed by atoms with Gasteiger partial charge in [0.25, 0.3) is 0 Å². The van der Waals surface area contributed by atoms with Crippen LogP contribution in [0.3, 0.4) is 0 Å². The second kappa shape index (κ2) is 4.08. The first-order valence-corrected chi connectivity index (χ1v) is 6.05. The molecule has 1 fully saturated rings. The van der Waals surface area contributed by atoms with Gasteiger partial charge in [0.2, 0.25) is 0 Å². The third-order valence-electron chi connectivity index (χ3n) is 4.89. The molecule has 0 aromatic carbocycles. The van der Waals surface area contributed by atoms with Crippen LogP contribution in [-0.4, -0.2) is 0 Å². The van der Waals surface area contributed by atoms with E-state index in [-0.39, 0.29) is 0 Å². The Labute approximate surface area is 89.8 Å². The highest BCUT2D eigenvalue weighted by molar-refractivity contribution is 5.05.